The first kappa shape index (κ1) is 21.0. The van der Waals surface area contributed by atoms with Gasteiger partial charge in [0.2, 0.25) is 0 Å². The minimum atomic E-state index is -3.85. The van der Waals surface area contributed by atoms with Crippen molar-refractivity contribution in [2.75, 3.05) is 27.4 Å². The third-order valence-corrected chi connectivity index (χ3v) is 5.14. The maximum atomic E-state index is 12.8. The normalized spacial score (nSPS) is 15.3. The third kappa shape index (κ3) is 5.32. The van der Waals surface area contributed by atoms with Crippen molar-refractivity contribution in [2.45, 2.75) is 13.8 Å². The van der Waals surface area contributed by atoms with E-state index in [9.17, 15) is 9.36 Å². The Morgan fingerprint density at radius 1 is 1.04 bits per heavy atom. The molecule has 0 aromatic heterocycles. The highest BCUT2D eigenvalue weighted by molar-refractivity contribution is 7.48. The molecule has 7 nitrogen and oxygen atoms in total. The van der Waals surface area contributed by atoms with Gasteiger partial charge in [0.25, 0.3) is 0 Å². The molecule has 0 bridgehead atoms. The van der Waals surface area contributed by atoms with Gasteiger partial charge in [-0.25, -0.2) is 9.36 Å². The van der Waals surface area contributed by atoms with Crippen LogP contribution in [-0.2, 0) is 32.4 Å². The Morgan fingerprint density at radius 3 is 2.30 bits per heavy atom. The lowest BCUT2D eigenvalue weighted by Crippen LogP contribution is -2.03. The van der Waals surface area contributed by atoms with Gasteiger partial charge in [0.05, 0.1) is 27.4 Å². The van der Waals surface area contributed by atoms with Gasteiger partial charge >= 0.3 is 13.8 Å². The summed E-state index contributed by atoms with van der Waals surface area (Å²) >= 11 is 0. The Morgan fingerprint density at radius 2 is 1.70 bits per heavy atom. The number of rotatable bonds is 8. The molecular weight excluding hydrogens is 371 g/mol. The highest BCUT2D eigenvalue weighted by atomic mass is 31.2. The number of phosphoric acid groups is 1. The second-order valence-corrected chi connectivity index (χ2v) is 6.90. The summed E-state index contributed by atoms with van der Waals surface area (Å²) in [7, 11) is -1.10. The molecule has 0 atom stereocenters. The number of hydrogen-bond donors (Lipinski definition) is 0. The third-order valence-electron chi connectivity index (χ3n) is 3.57. The van der Waals surface area contributed by atoms with Crippen molar-refractivity contribution >= 4 is 25.4 Å². The largest absolute Gasteiger partial charge is 0.530 e. The van der Waals surface area contributed by atoms with E-state index in [0.29, 0.717) is 11.3 Å². The summed E-state index contributed by atoms with van der Waals surface area (Å²) in [6.07, 6.45) is 4.59. The van der Waals surface area contributed by atoms with E-state index in [1.165, 1.54) is 20.3 Å². The summed E-state index contributed by atoms with van der Waals surface area (Å²) < 4.78 is 39.0. The van der Waals surface area contributed by atoms with Gasteiger partial charge < -0.3 is 14.0 Å². The molecule has 0 amide bonds. The van der Waals surface area contributed by atoms with Crippen LogP contribution >= 0.6 is 7.82 Å². The Labute approximate surface area is 158 Å². The Balaban J connectivity index is 2.58. The van der Waals surface area contributed by atoms with Crippen molar-refractivity contribution in [3.63, 3.8) is 0 Å². The summed E-state index contributed by atoms with van der Waals surface area (Å²) in [6.45, 7) is 3.65. The van der Waals surface area contributed by atoms with Crippen LogP contribution in [0.1, 0.15) is 25.0 Å². The lowest BCUT2D eigenvalue weighted by atomic mass is 10.0. The van der Waals surface area contributed by atoms with Gasteiger partial charge in [-0.2, -0.15) is 0 Å². The number of carbonyl (C=O) groups is 1. The van der Waals surface area contributed by atoms with E-state index in [0.717, 1.165) is 11.1 Å². The van der Waals surface area contributed by atoms with E-state index >= 15 is 0 Å². The van der Waals surface area contributed by atoms with Crippen molar-refractivity contribution in [2.24, 2.45) is 0 Å². The van der Waals surface area contributed by atoms with Crippen LogP contribution in [0.2, 0.25) is 0 Å². The predicted octanol–water partition coefficient (Wildman–Crippen LogP) is 4.33. The fourth-order valence-electron chi connectivity index (χ4n) is 2.45. The second kappa shape index (κ2) is 9.55. The first-order valence-corrected chi connectivity index (χ1v) is 9.87. The van der Waals surface area contributed by atoms with Gasteiger partial charge in [0.15, 0.2) is 11.5 Å². The van der Waals surface area contributed by atoms with Gasteiger partial charge in [0, 0.05) is 6.08 Å². The molecule has 0 heterocycles. The minimum Gasteiger partial charge on any atom is -0.493 e. The van der Waals surface area contributed by atoms with E-state index < -0.39 is 13.8 Å². The van der Waals surface area contributed by atoms with Gasteiger partial charge in [-0.1, -0.05) is 24.3 Å². The van der Waals surface area contributed by atoms with Crippen LogP contribution < -0.4 is 0 Å². The fourth-order valence-corrected chi connectivity index (χ4v) is 3.65. The lowest BCUT2D eigenvalue weighted by molar-refractivity contribution is -0.134. The summed E-state index contributed by atoms with van der Waals surface area (Å²) in [5, 5.41) is 0. The summed E-state index contributed by atoms with van der Waals surface area (Å²) in [5.41, 5.74) is 2.07. The highest BCUT2D eigenvalue weighted by Crippen LogP contribution is 2.53. The smallest absolute Gasteiger partial charge is 0.493 e. The van der Waals surface area contributed by atoms with E-state index in [1.807, 2.05) is 24.3 Å². The molecule has 1 aromatic rings. The van der Waals surface area contributed by atoms with Crippen molar-refractivity contribution < 1.29 is 32.4 Å². The number of carbonyl (C=O) groups excluding carboxylic acids is 1. The first-order chi connectivity index (χ1) is 13.0. The lowest BCUT2D eigenvalue weighted by Gasteiger charge is -2.19. The quantitative estimate of drug-likeness (QED) is 0.369. The summed E-state index contributed by atoms with van der Waals surface area (Å²) in [5.74, 6) is -0.0986. The molecule has 0 radical (unpaired) electrons. The zero-order chi connectivity index (χ0) is 19.9. The standard InChI is InChI=1S/C19H23O7P/c1-5-24-27(21,25-6-2)26-18-12-15(13-19(20)23-4)16-10-8-7-9-14(16)11-17(18)22-3/h7-13H,5-6H2,1-4H3/b15-13+. The van der Waals surface area contributed by atoms with Crippen molar-refractivity contribution in [3.8, 4) is 0 Å². The molecule has 0 spiro atoms. The van der Waals surface area contributed by atoms with E-state index in [-0.39, 0.29) is 19.0 Å². The van der Waals surface area contributed by atoms with Crippen LogP contribution in [0.5, 0.6) is 0 Å². The molecule has 8 heteroatoms. The Hall–Kier alpha value is -2.34. The fraction of sp³-hybridized carbons (Fsp3) is 0.316. The molecule has 1 aliphatic rings. The molecule has 0 N–H and O–H groups in total. The molecule has 0 saturated carbocycles. The molecule has 27 heavy (non-hydrogen) atoms. The SMILES string of the molecule is CCOP(=O)(OCC)OC1=C/C(=C\C(=O)OC)c2ccccc2C=C1OC. The molecule has 1 aromatic carbocycles. The Kier molecular flexibility index (Phi) is 7.42. The number of esters is 1. The molecule has 2 rings (SSSR count). The molecule has 0 saturated heterocycles. The molecular formula is C19H23O7P. The number of phosphoric ester groups is 1. The van der Waals surface area contributed by atoms with Crippen LogP contribution in [0, 0.1) is 0 Å². The van der Waals surface area contributed by atoms with Crippen molar-refractivity contribution in [1.82, 2.24) is 0 Å². The summed E-state index contributed by atoms with van der Waals surface area (Å²) in [6, 6.07) is 7.41. The maximum absolute atomic E-state index is 12.8. The van der Waals surface area contributed by atoms with Crippen LogP contribution in [0.15, 0.2) is 47.9 Å². The predicted molar refractivity (Wildman–Crippen MR) is 101 cm³/mol. The van der Waals surface area contributed by atoms with Gasteiger partial charge in [-0.05, 0) is 42.7 Å². The topological polar surface area (TPSA) is 80.3 Å². The molecule has 0 unspecified atom stereocenters. The first-order valence-electron chi connectivity index (χ1n) is 8.41. The number of allylic oxidation sites excluding steroid dienone is 2. The monoisotopic (exact) mass is 394 g/mol. The van der Waals surface area contributed by atoms with Crippen molar-refractivity contribution in [1.29, 1.82) is 0 Å². The molecule has 0 aliphatic heterocycles. The van der Waals surface area contributed by atoms with Gasteiger partial charge in [-0.3, -0.25) is 9.05 Å². The second-order valence-electron chi connectivity index (χ2n) is 5.31. The zero-order valence-corrected chi connectivity index (χ0v) is 16.7. The zero-order valence-electron chi connectivity index (χ0n) is 15.8. The van der Waals surface area contributed by atoms with E-state index in [1.54, 1.807) is 26.0 Å². The van der Waals surface area contributed by atoms with Crippen LogP contribution in [0.25, 0.3) is 11.6 Å². The van der Waals surface area contributed by atoms with Crippen molar-refractivity contribution in [3.05, 3.63) is 59.1 Å². The maximum Gasteiger partial charge on any atom is 0.530 e. The van der Waals surface area contributed by atoms with Crippen LogP contribution in [0.4, 0.5) is 0 Å². The van der Waals surface area contributed by atoms with Gasteiger partial charge in [-0.15, -0.1) is 0 Å². The average Bonchev–Trinajstić information content (AvgIpc) is 2.79. The average molecular weight is 394 g/mol. The molecule has 0 fully saturated rings. The van der Waals surface area contributed by atoms with E-state index in [2.05, 4.69) is 0 Å². The minimum absolute atomic E-state index is 0.120. The summed E-state index contributed by atoms with van der Waals surface area (Å²) in [4.78, 5) is 11.8. The Bertz CT molecular complexity index is 813. The molecule has 146 valence electrons. The number of hydrogen-bond acceptors (Lipinski definition) is 7. The van der Waals surface area contributed by atoms with Crippen LogP contribution in [-0.4, -0.2) is 33.4 Å². The van der Waals surface area contributed by atoms with Crippen LogP contribution in [0.3, 0.4) is 0 Å². The number of fused-ring (bicyclic) bond motifs is 1. The molecule has 1 aliphatic carbocycles. The van der Waals surface area contributed by atoms with E-state index in [4.69, 9.17) is 23.0 Å². The number of ether oxygens (including phenoxy) is 2. The number of benzene rings is 1. The highest BCUT2D eigenvalue weighted by Gasteiger charge is 2.31. The van der Waals surface area contributed by atoms with Gasteiger partial charge in [0.1, 0.15) is 0 Å². The number of methoxy groups -OCH3 is 2.